The van der Waals surface area contributed by atoms with Crippen LogP contribution in [0.2, 0.25) is 5.02 Å². The minimum Gasteiger partial charge on any atom is -0.372 e. The zero-order valence-electron chi connectivity index (χ0n) is 16.1. The number of carbonyl (C=O) groups is 3. The summed E-state index contributed by atoms with van der Waals surface area (Å²) < 4.78 is 13.5. The zero-order valence-corrected chi connectivity index (χ0v) is 16.9. The number of anilines is 1. The number of hydrogen-bond donors (Lipinski definition) is 4. The average Bonchev–Trinajstić information content (AvgIpc) is 3.27. The van der Waals surface area contributed by atoms with Crippen LogP contribution in [-0.4, -0.2) is 40.0 Å². The second kappa shape index (κ2) is 7.68. The summed E-state index contributed by atoms with van der Waals surface area (Å²) in [5, 5.41) is 13.9. The number of aromatic nitrogens is 1. The number of fused-ring (bicyclic) bond motifs is 1. The first-order chi connectivity index (χ1) is 14.7. The third kappa shape index (κ3) is 3.73. The van der Waals surface area contributed by atoms with E-state index < -0.39 is 29.1 Å². The standard InChI is InChI=1S/C21H18ClFN4O4/c22-12-5-11(6-13(23)7-12)9-26-19(29)21(31)3-4-27(20(21)30)14-1-2-17-15(8-14)16(10-25-17)18(24)28/h1-2,5-8,10,25,31H,3-4,9H2,(H2,24,28)(H,26,29)/t21-/m1/s1. The van der Waals surface area contributed by atoms with Gasteiger partial charge in [-0.05, 0) is 42.0 Å². The normalized spacial score (nSPS) is 18.5. The van der Waals surface area contributed by atoms with Gasteiger partial charge in [0.2, 0.25) is 5.60 Å². The van der Waals surface area contributed by atoms with E-state index in [1.807, 2.05) is 0 Å². The number of H-pyrrole nitrogens is 1. The Morgan fingerprint density at radius 1 is 1.29 bits per heavy atom. The van der Waals surface area contributed by atoms with Gasteiger partial charge >= 0.3 is 0 Å². The summed E-state index contributed by atoms with van der Waals surface area (Å²) in [6.45, 7) is -0.0143. The molecule has 3 aromatic rings. The molecule has 2 heterocycles. The number of halogens is 2. The third-order valence-electron chi connectivity index (χ3n) is 5.29. The summed E-state index contributed by atoms with van der Waals surface area (Å²) in [5.74, 6) is -2.86. The highest BCUT2D eigenvalue weighted by Gasteiger charge is 2.51. The molecule has 10 heteroatoms. The van der Waals surface area contributed by atoms with Crippen LogP contribution in [0.15, 0.2) is 42.6 Å². The molecule has 5 N–H and O–H groups in total. The molecule has 160 valence electrons. The smallest absolute Gasteiger partial charge is 0.268 e. The molecular formula is C21H18ClFN4O4. The lowest BCUT2D eigenvalue weighted by Crippen LogP contribution is -2.52. The fourth-order valence-corrected chi connectivity index (χ4v) is 3.93. The molecule has 0 unspecified atom stereocenters. The van der Waals surface area contributed by atoms with Gasteiger partial charge in [0.1, 0.15) is 5.82 Å². The molecule has 0 saturated carbocycles. The Hall–Kier alpha value is -3.43. The first-order valence-corrected chi connectivity index (χ1v) is 9.75. The van der Waals surface area contributed by atoms with Crippen molar-refractivity contribution in [2.24, 2.45) is 5.73 Å². The fourth-order valence-electron chi connectivity index (χ4n) is 3.68. The minimum atomic E-state index is -2.27. The van der Waals surface area contributed by atoms with Gasteiger partial charge in [-0.25, -0.2) is 4.39 Å². The van der Waals surface area contributed by atoms with Gasteiger partial charge in [0.15, 0.2) is 0 Å². The predicted molar refractivity (Wildman–Crippen MR) is 112 cm³/mol. The van der Waals surface area contributed by atoms with Crippen molar-refractivity contribution < 1.29 is 23.9 Å². The molecular weight excluding hydrogens is 427 g/mol. The zero-order chi connectivity index (χ0) is 22.3. The summed E-state index contributed by atoms with van der Waals surface area (Å²) in [6.07, 6.45) is 1.35. The summed E-state index contributed by atoms with van der Waals surface area (Å²) in [7, 11) is 0. The van der Waals surface area contributed by atoms with E-state index in [-0.39, 0.29) is 30.1 Å². The molecule has 0 radical (unpaired) electrons. The third-order valence-corrected chi connectivity index (χ3v) is 5.51. The van der Waals surface area contributed by atoms with Crippen LogP contribution in [0.5, 0.6) is 0 Å². The number of carbonyl (C=O) groups excluding carboxylic acids is 3. The number of nitrogens with two attached hydrogens (primary N) is 1. The number of aromatic amines is 1. The number of amides is 3. The van der Waals surface area contributed by atoms with Crippen molar-refractivity contribution >= 4 is 45.9 Å². The topological polar surface area (TPSA) is 129 Å². The molecule has 0 spiro atoms. The molecule has 4 rings (SSSR count). The summed E-state index contributed by atoms with van der Waals surface area (Å²) in [6, 6.07) is 8.71. The molecule has 1 saturated heterocycles. The lowest BCUT2D eigenvalue weighted by atomic mass is 10.0. The van der Waals surface area contributed by atoms with Crippen molar-refractivity contribution in [3.05, 3.63) is 64.6 Å². The predicted octanol–water partition coefficient (Wildman–Crippen LogP) is 1.84. The Kier molecular flexibility index (Phi) is 5.16. The van der Waals surface area contributed by atoms with Crippen LogP contribution in [0.4, 0.5) is 10.1 Å². The molecule has 1 atom stereocenters. The molecule has 0 aliphatic carbocycles. The lowest BCUT2D eigenvalue weighted by Gasteiger charge is -2.22. The van der Waals surface area contributed by atoms with Crippen LogP contribution in [0.1, 0.15) is 22.3 Å². The highest BCUT2D eigenvalue weighted by atomic mass is 35.5. The Balaban J connectivity index is 1.53. The van der Waals surface area contributed by atoms with E-state index in [9.17, 15) is 23.9 Å². The van der Waals surface area contributed by atoms with Crippen LogP contribution in [-0.2, 0) is 16.1 Å². The van der Waals surface area contributed by atoms with Gasteiger partial charge in [-0.3, -0.25) is 14.4 Å². The summed E-state index contributed by atoms with van der Waals surface area (Å²) in [4.78, 5) is 41.3. The van der Waals surface area contributed by atoms with Crippen molar-refractivity contribution in [1.82, 2.24) is 10.3 Å². The maximum Gasteiger partial charge on any atom is 0.268 e. The van der Waals surface area contributed by atoms with Crippen LogP contribution in [0.25, 0.3) is 10.9 Å². The van der Waals surface area contributed by atoms with E-state index in [1.165, 1.54) is 23.2 Å². The number of rotatable bonds is 5. The highest BCUT2D eigenvalue weighted by molar-refractivity contribution is 6.30. The number of nitrogens with zero attached hydrogens (tertiary/aromatic N) is 1. The van der Waals surface area contributed by atoms with Crippen molar-refractivity contribution in [2.45, 2.75) is 18.6 Å². The molecule has 8 nitrogen and oxygen atoms in total. The van der Waals surface area contributed by atoms with Crippen molar-refractivity contribution in [3.63, 3.8) is 0 Å². The molecule has 31 heavy (non-hydrogen) atoms. The van der Waals surface area contributed by atoms with Gasteiger partial charge in [-0.2, -0.15) is 0 Å². The van der Waals surface area contributed by atoms with Gasteiger partial charge in [-0.15, -0.1) is 0 Å². The van der Waals surface area contributed by atoms with Gasteiger partial charge in [-0.1, -0.05) is 11.6 Å². The monoisotopic (exact) mass is 444 g/mol. The van der Waals surface area contributed by atoms with Crippen LogP contribution in [0, 0.1) is 5.82 Å². The fraction of sp³-hybridized carbons (Fsp3) is 0.190. The average molecular weight is 445 g/mol. The molecule has 1 fully saturated rings. The number of aliphatic hydroxyl groups is 1. The lowest BCUT2D eigenvalue weighted by molar-refractivity contribution is -0.149. The number of primary amides is 1. The second-order valence-corrected chi connectivity index (χ2v) is 7.76. The van der Waals surface area contributed by atoms with Crippen molar-refractivity contribution in [1.29, 1.82) is 0 Å². The molecule has 1 aromatic heterocycles. The second-order valence-electron chi connectivity index (χ2n) is 7.32. The highest BCUT2D eigenvalue weighted by Crippen LogP contribution is 2.31. The first kappa shape index (κ1) is 20.8. The molecule has 0 bridgehead atoms. The van der Waals surface area contributed by atoms with E-state index in [0.29, 0.717) is 22.2 Å². The quantitative estimate of drug-likeness (QED) is 0.447. The number of nitrogens with one attached hydrogen (secondary N) is 2. The maximum absolute atomic E-state index is 13.5. The van der Waals surface area contributed by atoms with Crippen LogP contribution < -0.4 is 16.0 Å². The number of hydrogen-bond acceptors (Lipinski definition) is 4. The van der Waals surface area contributed by atoms with Gasteiger partial charge < -0.3 is 26.0 Å². The molecule has 1 aliphatic rings. The SMILES string of the molecule is NC(=O)c1c[nH]c2ccc(N3CC[C@@](O)(C(=O)NCc4cc(F)cc(Cl)c4)C3=O)cc12. The van der Waals surface area contributed by atoms with E-state index in [0.717, 1.165) is 6.07 Å². The van der Waals surface area contributed by atoms with Crippen molar-refractivity contribution in [2.75, 3.05) is 11.4 Å². The van der Waals surface area contributed by atoms with Gasteiger partial charge in [0.25, 0.3) is 17.7 Å². The molecule has 2 aromatic carbocycles. The Labute approximate surface area is 180 Å². The largest absolute Gasteiger partial charge is 0.372 e. The van der Waals surface area contributed by atoms with Gasteiger partial charge in [0, 0.05) is 47.3 Å². The van der Waals surface area contributed by atoms with E-state index >= 15 is 0 Å². The van der Waals surface area contributed by atoms with E-state index in [4.69, 9.17) is 17.3 Å². The molecule has 1 aliphatic heterocycles. The molecule has 3 amide bonds. The Morgan fingerprint density at radius 3 is 2.77 bits per heavy atom. The van der Waals surface area contributed by atoms with E-state index in [2.05, 4.69) is 10.3 Å². The van der Waals surface area contributed by atoms with Crippen molar-refractivity contribution in [3.8, 4) is 0 Å². The maximum atomic E-state index is 13.5. The van der Waals surface area contributed by atoms with E-state index in [1.54, 1.807) is 18.2 Å². The minimum absolute atomic E-state index is 0.0936. The first-order valence-electron chi connectivity index (χ1n) is 9.37. The summed E-state index contributed by atoms with van der Waals surface area (Å²) in [5.41, 5.74) is 4.84. The Morgan fingerprint density at radius 2 is 2.06 bits per heavy atom. The number of benzene rings is 2. The van der Waals surface area contributed by atoms with Crippen LogP contribution >= 0.6 is 11.6 Å². The van der Waals surface area contributed by atoms with Gasteiger partial charge in [0.05, 0.1) is 5.56 Å². The Bertz CT molecular complexity index is 1210. The summed E-state index contributed by atoms with van der Waals surface area (Å²) >= 11 is 5.80. The van der Waals surface area contributed by atoms with Crippen LogP contribution in [0.3, 0.4) is 0 Å².